The molecule has 0 atom stereocenters. The summed E-state index contributed by atoms with van der Waals surface area (Å²) in [6, 6.07) is 4.01. The number of aromatic nitrogens is 3. The molecule has 1 spiro atoms. The van der Waals surface area contributed by atoms with Crippen LogP contribution in [0.1, 0.15) is 34.6 Å². The molecule has 1 fully saturated rings. The SMILES string of the molecule is Nc1ncc2c(n1)C1(CCN(C(=O)c3csc(-c4cccs4)n3)CC1)OCC2. The predicted molar refractivity (Wildman–Crippen MR) is 108 cm³/mol. The topological polar surface area (TPSA) is 94.2 Å². The maximum Gasteiger partial charge on any atom is 0.273 e. The van der Waals surface area contributed by atoms with E-state index in [4.69, 9.17) is 10.5 Å². The van der Waals surface area contributed by atoms with Gasteiger partial charge in [-0.1, -0.05) is 6.07 Å². The van der Waals surface area contributed by atoms with E-state index in [2.05, 4.69) is 15.0 Å². The predicted octanol–water partition coefficient (Wildman–Crippen LogP) is 2.95. The second-order valence-electron chi connectivity index (χ2n) is 7.00. The minimum absolute atomic E-state index is 0.0212. The summed E-state index contributed by atoms with van der Waals surface area (Å²) in [5.41, 5.74) is 7.86. The lowest BCUT2D eigenvalue weighted by atomic mass is 9.83. The number of nitrogen functional groups attached to an aromatic ring is 1. The zero-order chi connectivity index (χ0) is 19.1. The van der Waals surface area contributed by atoms with E-state index in [1.165, 1.54) is 11.3 Å². The minimum Gasteiger partial charge on any atom is -0.368 e. The first-order valence-corrected chi connectivity index (χ1v) is 11.0. The fraction of sp³-hybridized carbons (Fsp3) is 0.368. The van der Waals surface area contributed by atoms with Gasteiger partial charge in [0.25, 0.3) is 5.91 Å². The molecular formula is C19H19N5O2S2. The van der Waals surface area contributed by atoms with E-state index < -0.39 is 5.60 Å². The van der Waals surface area contributed by atoms with Crippen LogP contribution in [0, 0.1) is 0 Å². The van der Waals surface area contributed by atoms with Crippen LogP contribution in [0.5, 0.6) is 0 Å². The first-order chi connectivity index (χ1) is 13.6. The second kappa shape index (κ2) is 6.91. The van der Waals surface area contributed by atoms with Gasteiger partial charge in [-0.15, -0.1) is 22.7 Å². The van der Waals surface area contributed by atoms with Gasteiger partial charge in [-0.2, -0.15) is 0 Å². The molecule has 2 N–H and O–H groups in total. The number of piperidine rings is 1. The van der Waals surface area contributed by atoms with Crippen LogP contribution in [0.25, 0.3) is 9.88 Å². The molecule has 0 unspecified atom stereocenters. The van der Waals surface area contributed by atoms with Gasteiger partial charge < -0.3 is 15.4 Å². The lowest BCUT2D eigenvalue weighted by Gasteiger charge is -2.43. The molecule has 1 amide bonds. The summed E-state index contributed by atoms with van der Waals surface area (Å²) in [4.78, 5) is 29.0. The van der Waals surface area contributed by atoms with Crippen molar-refractivity contribution in [2.24, 2.45) is 0 Å². The van der Waals surface area contributed by atoms with Crippen LogP contribution in [0.4, 0.5) is 5.95 Å². The van der Waals surface area contributed by atoms with Crippen molar-refractivity contribution < 1.29 is 9.53 Å². The van der Waals surface area contributed by atoms with Gasteiger partial charge in [-0.25, -0.2) is 15.0 Å². The number of carbonyl (C=O) groups excluding carboxylic acids is 1. The van der Waals surface area contributed by atoms with Gasteiger partial charge in [0.1, 0.15) is 16.3 Å². The minimum atomic E-state index is -0.467. The Morgan fingerprint density at radius 2 is 2.11 bits per heavy atom. The lowest BCUT2D eigenvalue weighted by Crippen LogP contribution is -2.49. The summed E-state index contributed by atoms with van der Waals surface area (Å²) < 4.78 is 6.18. The van der Waals surface area contributed by atoms with E-state index in [1.807, 2.05) is 27.8 Å². The standard InChI is InChI=1S/C19H19N5O2S2/c20-18-21-10-12-3-8-26-19(15(12)23-18)4-6-24(7-5-19)17(25)13-11-28-16(22-13)14-2-1-9-27-14/h1-2,9-11H,3-8H2,(H2,20,21,23). The number of rotatable bonds is 2. The van der Waals surface area contributed by atoms with Gasteiger partial charge in [0.15, 0.2) is 0 Å². The molecule has 3 aromatic rings. The molecule has 9 heteroatoms. The first kappa shape index (κ1) is 17.7. The van der Waals surface area contributed by atoms with Crippen LogP contribution in [-0.2, 0) is 16.8 Å². The average Bonchev–Trinajstić information content (AvgIpc) is 3.41. The number of amides is 1. The molecule has 5 rings (SSSR count). The Bertz CT molecular complexity index is 1010. The van der Waals surface area contributed by atoms with E-state index >= 15 is 0 Å². The molecule has 0 radical (unpaired) electrons. The van der Waals surface area contributed by atoms with Crippen molar-refractivity contribution in [3.05, 3.63) is 46.0 Å². The average molecular weight is 414 g/mol. The zero-order valence-electron chi connectivity index (χ0n) is 15.1. The van der Waals surface area contributed by atoms with Crippen molar-refractivity contribution in [2.45, 2.75) is 24.9 Å². The van der Waals surface area contributed by atoms with Gasteiger partial charge in [0, 0.05) is 24.7 Å². The van der Waals surface area contributed by atoms with Gasteiger partial charge in [-0.3, -0.25) is 4.79 Å². The molecule has 3 aromatic heterocycles. The van der Waals surface area contributed by atoms with Crippen molar-refractivity contribution in [3.8, 4) is 9.88 Å². The monoisotopic (exact) mass is 413 g/mol. The van der Waals surface area contributed by atoms with Crippen LogP contribution in [0.3, 0.4) is 0 Å². The molecule has 0 bridgehead atoms. The Kier molecular flexibility index (Phi) is 4.37. The highest BCUT2D eigenvalue weighted by molar-refractivity contribution is 7.20. The van der Waals surface area contributed by atoms with E-state index in [1.54, 1.807) is 17.5 Å². The molecule has 1 saturated heterocycles. The van der Waals surface area contributed by atoms with Crippen molar-refractivity contribution >= 4 is 34.5 Å². The number of fused-ring (bicyclic) bond motifs is 2. The summed E-state index contributed by atoms with van der Waals surface area (Å²) in [6.45, 7) is 1.85. The van der Waals surface area contributed by atoms with Crippen LogP contribution < -0.4 is 5.73 Å². The van der Waals surface area contributed by atoms with Gasteiger partial charge in [0.05, 0.1) is 17.2 Å². The summed E-state index contributed by atoms with van der Waals surface area (Å²) >= 11 is 3.14. The Labute approximate surface area is 170 Å². The van der Waals surface area contributed by atoms with Crippen LogP contribution in [-0.4, -0.2) is 45.5 Å². The van der Waals surface area contributed by atoms with Crippen molar-refractivity contribution in [3.63, 3.8) is 0 Å². The van der Waals surface area contributed by atoms with Crippen molar-refractivity contribution in [2.75, 3.05) is 25.4 Å². The highest BCUT2D eigenvalue weighted by atomic mass is 32.1. The molecule has 0 saturated carbocycles. The number of likely N-dealkylation sites (tertiary alicyclic amines) is 1. The molecule has 2 aliphatic heterocycles. The quantitative estimate of drug-likeness (QED) is 0.694. The number of nitrogens with two attached hydrogens (primary N) is 1. The van der Waals surface area contributed by atoms with Crippen LogP contribution in [0.15, 0.2) is 29.1 Å². The smallest absolute Gasteiger partial charge is 0.273 e. The highest BCUT2D eigenvalue weighted by Crippen LogP contribution is 2.40. The Hall–Kier alpha value is -2.36. The summed E-state index contributed by atoms with van der Waals surface area (Å²) in [5.74, 6) is 0.248. The zero-order valence-corrected chi connectivity index (χ0v) is 16.8. The van der Waals surface area contributed by atoms with E-state index in [0.717, 1.165) is 27.6 Å². The van der Waals surface area contributed by atoms with Crippen LogP contribution in [0.2, 0.25) is 0 Å². The number of thiazole rings is 1. The number of anilines is 1. The largest absolute Gasteiger partial charge is 0.368 e. The molecule has 0 aliphatic carbocycles. The molecule has 0 aromatic carbocycles. The Morgan fingerprint density at radius 3 is 2.89 bits per heavy atom. The second-order valence-corrected chi connectivity index (χ2v) is 8.81. The van der Waals surface area contributed by atoms with E-state index in [-0.39, 0.29) is 11.9 Å². The van der Waals surface area contributed by atoms with E-state index in [9.17, 15) is 4.79 Å². The fourth-order valence-corrected chi connectivity index (χ4v) is 5.53. The van der Waals surface area contributed by atoms with Gasteiger partial charge in [-0.05, 0) is 36.3 Å². The van der Waals surface area contributed by atoms with Gasteiger partial charge >= 0.3 is 0 Å². The maximum absolute atomic E-state index is 12.9. The molecule has 5 heterocycles. The Morgan fingerprint density at radius 1 is 1.25 bits per heavy atom. The third-order valence-corrected chi connectivity index (χ3v) is 7.26. The van der Waals surface area contributed by atoms with Crippen LogP contribution >= 0.6 is 22.7 Å². The molecule has 144 valence electrons. The molecule has 2 aliphatic rings. The molecular weight excluding hydrogens is 394 g/mol. The number of thiophene rings is 1. The normalized spacial score (nSPS) is 18.2. The number of hydrogen-bond donors (Lipinski definition) is 1. The lowest BCUT2D eigenvalue weighted by molar-refractivity contribution is -0.0967. The van der Waals surface area contributed by atoms with Gasteiger partial charge in [0.2, 0.25) is 5.95 Å². The highest BCUT2D eigenvalue weighted by Gasteiger charge is 2.43. The third-order valence-electron chi connectivity index (χ3n) is 5.38. The number of nitrogens with zero attached hydrogens (tertiary/aromatic N) is 4. The number of hydrogen-bond acceptors (Lipinski definition) is 8. The molecule has 28 heavy (non-hydrogen) atoms. The molecule has 7 nitrogen and oxygen atoms in total. The Balaban J connectivity index is 1.33. The van der Waals surface area contributed by atoms with Crippen molar-refractivity contribution in [1.82, 2.24) is 19.9 Å². The third kappa shape index (κ3) is 2.99. The number of ether oxygens (including phenoxy) is 1. The first-order valence-electron chi connectivity index (χ1n) is 9.19. The summed E-state index contributed by atoms with van der Waals surface area (Å²) in [6.07, 6.45) is 4.00. The summed E-state index contributed by atoms with van der Waals surface area (Å²) in [5, 5.41) is 4.76. The summed E-state index contributed by atoms with van der Waals surface area (Å²) in [7, 11) is 0. The maximum atomic E-state index is 12.9. The van der Waals surface area contributed by atoms with E-state index in [0.29, 0.717) is 38.2 Å². The van der Waals surface area contributed by atoms with Crippen molar-refractivity contribution in [1.29, 1.82) is 0 Å². The number of carbonyl (C=O) groups is 1. The fourth-order valence-electron chi connectivity index (χ4n) is 3.92.